The van der Waals surface area contributed by atoms with Crippen molar-refractivity contribution in [2.24, 2.45) is 0 Å². The molecule has 0 saturated heterocycles. The molecule has 0 aromatic heterocycles. The van der Waals surface area contributed by atoms with Crippen LogP contribution in [0.25, 0.3) is 0 Å². The zero-order chi connectivity index (χ0) is 14.0. The van der Waals surface area contributed by atoms with E-state index in [4.69, 9.17) is 0 Å². The van der Waals surface area contributed by atoms with Crippen LogP contribution in [-0.2, 0) is 13.0 Å². The fraction of sp³-hybridized carbons (Fsp3) is 0.333. The Morgan fingerprint density at radius 3 is 1.95 bits per heavy atom. The zero-order valence-corrected chi connectivity index (χ0v) is 11.9. The van der Waals surface area contributed by atoms with E-state index in [0.717, 1.165) is 32.5 Å². The molecule has 0 saturated carbocycles. The number of benzene rings is 2. The predicted octanol–water partition coefficient (Wildman–Crippen LogP) is 3.11. The van der Waals surface area contributed by atoms with E-state index < -0.39 is 0 Å². The Labute approximate surface area is 121 Å². The summed E-state index contributed by atoms with van der Waals surface area (Å²) >= 11 is 0. The van der Waals surface area contributed by atoms with Crippen LogP contribution in [0, 0.1) is 0 Å². The Kier molecular flexibility index (Phi) is 6.28. The molecule has 1 N–H and O–H groups in total. The third-order valence-corrected chi connectivity index (χ3v) is 3.45. The van der Waals surface area contributed by atoms with Gasteiger partial charge in [0.15, 0.2) is 0 Å². The van der Waals surface area contributed by atoms with Gasteiger partial charge in [0.1, 0.15) is 0 Å². The van der Waals surface area contributed by atoms with E-state index >= 15 is 0 Å². The van der Waals surface area contributed by atoms with Gasteiger partial charge in [0.2, 0.25) is 0 Å². The van der Waals surface area contributed by atoms with Crippen molar-refractivity contribution in [1.82, 2.24) is 4.90 Å². The van der Waals surface area contributed by atoms with Gasteiger partial charge in [-0.15, -0.1) is 0 Å². The second-order valence-electron chi connectivity index (χ2n) is 5.07. The molecule has 0 aliphatic heterocycles. The lowest BCUT2D eigenvalue weighted by molar-refractivity contribution is 0.189. The van der Waals surface area contributed by atoms with Gasteiger partial charge >= 0.3 is 0 Å². The molecule has 2 aromatic carbocycles. The van der Waals surface area contributed by atoms with Crippen LogP contribution in [0.2, 0.25) is 0 Å². The van der Waals surface area contributed by atoms with Crippen LogP contribution < -0.4 is 0 Å². The molecular weight excluding hydrogens is 246 g/mol. The van der Waals surface area contributed by atoms with E-state index in [1.807, 2.05) is 6.07 Å². The Bertz CT molecular complexity index is 469. The van der Waals surface area contributed by atoms with Crippen molar-refractivity contribution in [3.63, 3.8) is 0 Å². The number of rotatable bonds is 8. The van der Waals surface area contributed by atoms with Gasteiger partial charge in [0.05, 0.1) is 6.61 Å². The number of hydrogen-bond donors (Lipinski definition) is 1. The summed E-state index contributed by atoms with van der Waals surface area (Å²) in [5.74, 6) is 0. The van der Waals surface area contributed by atoms with Gasteiger partial charge in [-0.25, -0.2) is 0 Å². The van der Waals surface area contributed by atoms with Gasteiger partial charge < -0.3 is 5.11 Å². The van der Waals surface area contributed by atoms with Gasteiger partial charge in [-0.05, 0) is 30.5 Å². The topological polar surface area (TPSA) is 23.5 Å². The van der Waals surface area contributed by atoms with E-state index in [-0.39, 0.29) is 6.61 Å². The summed E-state index contributed by atoms with van der Waals surface area (Å²) in [4.78, 5) is 2.32. The van der Waals surface area contributed by atoms with E-state index in [1.54, 1.807) is 0 Å². The fourth-order valence-corrected chi connectivity index (χ4v) is 2.40. The third-order valence-electron chi connectivity index (χ3n) is 3.45. The number of nitrogens with zero attached hydrogens (tertiary/aromatic N) is 1. The second kappa shape index (κ2) is 8.51. The molecule has 0 aliphatic carbocycles. The highest BCUT2D eigenvalue weighted by molar-refractivity contribution is 5.15. The monoisotopic (exact) mass is 269 g/mol. The minimum absolute atomic E-state index is 0.220. The molecule has 0 spiro atoms. The van der Waals surface area contributed by atoms with Gasteiger partial charge in [0.25, 0.3) is 0 Å². The van der Waals surface area contributed by atoms with Gasteiger partial charge in [0, 0.05) is 13.1 Å². The van der Waals surface area contributed by atoms with E-state index in [2.05, 4.69) is 59.5 Å². The highest BCUT2D eigenvalue weighted by Gasteiger charge is 2.05. The number of aliphatic hydroxyl groups is 1. The highest BCUT2D eigenvalue weighted by atomic mass is 16.3. The molecule has 0 fully saturated rings. The molecule has 2 heteroatoms. The molecule has 2 aromatic rings. The fourth-order valence-electron chi connectivity index (χ4n) is 2.40. The number of aryl methyl sites for hydroxylation is 1. The van der Waals surface area contributed by atoms with E-state index in [0.29, 0.717) is 0 Å². The quantitative estimate of drug-likeness (QED) is 0.796. The molecule has 0 bridgehead atoms. The first-order chi connectivity index (χ1) is 9.88. The average Bonchev–Trinajstić information content (AvgIpc) is 2.49. The first kappa shape index (κ1) is 14.8. The van der Waals surface area contributed by atoms with Crippen molar-refractivity contribution in [1.29, 1.82) is 0 Å². The van der Waals surface area contributed by atoms with E-state index in [9.17, 15) is 5.11 Å². The first-order valence-electron chi connectivity index (χ1n) is 7.29. The summed E-state index contributed by atoms with van der Waals surface area (Å²) < 4.78 is 0. The molecule has 2 rings (SSSR count). The van der Waals surface area contributed by atoms with Gasteiger partial charge in [-0.3, -0.25) is 4.90 Å². The van der Waals surface area contributed by atoms with Crippen molar-refractivity contribution in [2.75, 3.05) is 19.7 Å². The summed E-state index contributed by atoms with van der Waals surface area (Å²) in [5.41, 5.74) is 2.69. The van der Waals surface area contributed by atoms with Crippen LogP contribution in [0.5, 0.6) is 0 Å². The van der Waals surface area contributed by atoms with Crippen LogP contribution in [0.3, 0.4) is 0 Å². The summed E-state index contributed by atoms with van der Waals surface area (Å²) in [6, 6.07) is 21.0. The van der Waals surface area contributed by atoms with Crippen molar-refractivity contribution < 1.29 is 5.11 Å². The molecule has 0 aliphatic rings. The first-order valence-corrected chi connectivity index (χ1v) is 7.29. The molecule has 106 valence electrons. The molecule has 0 heterocycles. The molecule has 20 heavy (non-hydrogen) atoms. The average molecular weight is 269 g/mol. The van der Waals surface area contributed by atoms with Crippen LogP contribution >= 0.6 is 0 Å². The number of aliphatic hydroxyl groups excluding tert-OH is 1. The summed E-state index contributed by atoms with van der Waals surface area (Å²) in [5, 5.41) is 9.19. The maximum Gasteiger partial charge on any atom is 0.0558 e. The summed E-state index contributed by atoms with van der Waals surface area (Å²) in [6.45, 7) is 2.89. The highest BCUT2D eigenvalue weighted by Crippen LogP contribution is 2.07. The molecular formula is C18H23NO. The van der Waals surface area contributed by atoms with Crippen LogP contribution in [0.1, 0.15) is 17.5 Å². The molecule has 0 radical (unpaired) electrons. The summed E-state index contributed by atoms with van der Waals surface area (Å²) in [7, 11) is 0. The van der Waals surface area contributed by atoms with Crippen molar-refractivity contribution in [3.05, 3.63) is 71.8 Å². The molecule has 0 unspecified atom stereocenters. The van der Waals surface area contributed by atoms with Crippen LogP contribution in [-0.4, -0.2) is 29.7 Å². The maximum atomic E-state index is 9.19. The zero-order valence-electron chi connectivity index (χ0n) is 11.9. The normalized spacial score (nSPS) is 10.9. The third kappa shape index (κ3) is 5.16. The summed E-state index contributed by atoms with van der Waals surface area (Å²) in [6.07, 6.45) is 2.22. The SMILES string of the molecule is OCCN(CCCc1ccccc1)Cc1ccccc1. The minimum Gasteiger partial charge on any atom is -0.395 e. The number of hydrogen-bond acceptors (Lipinski definition) is 2. The molecule has 0 atom stereocenters. The van der Waals surface area contributed by atoms with Crippen molar-refractivity contribution >= 4 is 0 Å². The van der Waals surface area contributed by atoms with Crippen molar-refractivity contribution in [3.8, 4) is 0 Å². The lowest BCUT2D eigenvalue weighted by Crippen LogP contribution is -2.27. The maximum absolute atomic E-state index is 9.19. The second-order valence-corrected chi connectivity index (χ2v) is 5.07. The van der Waals surface area contributed by atoms with Gasteiger partial charge in [-0.2, -0.15) is 0 Å². The van der Waals surface area contributed by atoms with Gasteiger partial charge in [-0.1, -0.05) is 60.7 Å². The van der Waals surface area contributed by atoms with Crippen molar-refractivity contribution in [2.45, 2.75) is 19.4 Å². The largest absolute Gasteiger partial charge is 0.395 e. The van der Waals surface area contributed by atoms with E-state index in [1.165, 1.54) is 11.1 Å². The lowest BCUT2D eigenvalue weighted by atomic mass is 10.1. The standard InChI is InChI=1S/C18H23NO/c20-15-14-19(16-18-10-5-2-6-11-18)13-7-12-17-8-3-1-4-9-17/h1-6,8-11,20H,7,12-16H2. The Morgan fingerprint density at radius 1 is 0.750 bits per heavy atom. The molecule has 0 amide bonds. The Hall–Kier alpha value is -1.64. The minimum atomic E-state index is 0.220. The Morgan fingerprint density at radius 2 is 1.35 bits per heavy atom. The lowest BCUT2D eigenvalue weighted by Gasteiger charge is -2.21. The Balaban J connectivity index is 1.80. The van der Waals surface area contributed by atoms with Crippen LogP contribution in [0.15, 0.2) is 60.7 Å². The smallest absolute Gasteiger partial charge is 0.0558 e. The molecule has 2 nitrogen and oxygen atoms in total. The predicted molar refractivity (Wildman–Crippen MR) is 83.6 cm³/mol. The van der Waals surface area contributed by atoms with Crippen LogP contribution in [0.4, 0.5) is 0 Å².